The second-order valence-electron chi connectivity index (χ2n) is 12.0. The molecule has 5 atom stereocenters. The predicted molar refractivity (Wildman–Crippen MR) is 171 cm³/mol. The Hall–Kier alpha value is -5.05. The number of nitrogens with one attached hydrogen (secondary N) is 2. The Labute approximate surface area is 278 Å². The number of fused-ring (bicyclic) bond motifs is 3. The molecule has 2 aliphatic rings. The molecule has 48 heavy (non-hydrogen) atoms. The molecule has 1 saturated heterocycles. The van der Waals surface area contributed by atoms with Gasteiger partial charge in [0.2, 0.25) is 11.8 Å². The number of carbonyl (C=O) groups excluding carboxylic acids is 5. The van der Waals surface area contributed by atoms with Gasteiger partial charge < -0.3 is 29.2 Å². The number of nitrogens with zero attached hydrogens (tertiary/aromatic N) is 4. The quantitative estimate of drug-likeness (QED) is 0.406. The van der Waals surface area contributed by atoms with Crippen molar-refractivity contribution in [1.29, 1.82) is 0 Å². The maximum atomic E-state index is 13.6. The Morgan fingerprint density at radius 2 is 2.04 bits per heavy atom. The fraction of sp³-hybridized carbons (Fsp3) is 0.485. The van der Waals surface area contributed by atoms with E-state index in [4.69, 9.17) is 13.9 Å². The maximum Gasteiger partial charge on any atom is 0.412 e. The molecule has 2 aromatic heterocycles. The number of hydrogen-bond acceptors (Lipinski definition) is 11. The van der Waals surface area contributed by atoms with Gasteiger partial charge in [-0.2, -0.15) is 5.10 Å². The van der Waals surface area contributed by atoms with Crippen molar-refractivity contribution >= 4 is 35.5 Å². The molecule has 15 heteroatoms. The third-order valence-electron chi connectivity index (χ3n) is 7.88. The van der Waals surface area contributed by atoms with E-state index in [1.54, 1.807) is 58.3 Å². The molecule has 4 rings (SSSR count). The third-order valence-corrected chi connectivity index (χ3v) is 7.88. The molecule has 3 N–H and O–H groups in total. The van der Waals surface area contributed by atoms with E-state index in [9.17, 15) is 29.1 Å². The summed E-state index contributed by atoms with van der Waals surface area (Å²) in [6.07, 6.45) is 8.52. The number of cyclic esters (lactones) is 1. The van der Waals surface area contributed by atoms with Crippen LogP contribution in [0.2, 0.25) is 0 Å². The Morgan fingerprint density at radius 1 is 1.25 bits per heavy atom. The van der Waals surface area contributed by atoms with Gasteiger partial charge >= 0.3 is 12.1 Å². The van der Waals surface area contributed by atoms with Crippen molar-refractivity contribution in [3.05, 3.63) is 66.1 Å². The number of allylic oxidation sites excluding steroid dienone is 2. The lowest BCUT2D eigenvalue weighted by Gasteiger charge is -2.30. The first kappa shape index (κ1) is 35.8. The van der Waals surface area contributed by atoms with E-state index < -0.39 is 48.1 Å². The number of oxazole rings is 1. The van der Waals surface area contributed by atoms with Crippen molar-refractivity contribution in [2.24, 2.45) is 18.9 Å². The van der Waals surface area contributed by atoms with Crippen molar-refractivity contribution in [2.45, 2.75) is 64.7 Å². The minimum absolute atomic E-state index is 0.0187. The average molecular weight is 667 g/mol. The number of ketones is 1. The number of aryl methyl sites for hydroxylation is 1. The van der Waals surface area contributed by atoms with E-state index in [0.29, 0.717) is 24.2 Å². The zero-order chi connectivity index (χ0) is 34.8. The first-order chi connectivity index (χ1) is 22.9. The second-order valence-corrected chi connectivity index (χ2v) is 12.0. The highest BCUT2D eigenvalue weighted by atomic mass is 16.6. The number of rotatable bonds is 4. The molecule has 3 amide bonds. The summed E-state index contributed by atoms with van der Waals surface area (Å²) in [6, 6.07) is 0.691. The number of esters is 1. The van der Waals surface area contributed by atoms with Crippen LogP contribution in [0.15, 0.2) is 58.9 Å². The largest absolute Gasteiger partial charge is 0.460 e. The number of ether oxygens (including phenoxy) is 2. The minimum atomic E-state index is -1.05. The van der Waals surface area contributed by atoms with Gasteiger partial charge in [0.15, 0.2) is 11.5 Å². The van der Waals surface area contributed by atoms with Crippen molar-refractivity contribution < 1.29 is 43.0 Å². The molecular weight excluding hydrogens is 624 g/mol. The average Bonchev–Trinajstić information content (AvgIpc) is 3.80. The van der Waals surface area contributed by atoms with E-state index >= 15 is 0 Å². The van der Waals surface area contributed by atoms with Crippen LogP contribution >= 0.6 is 0 Å². The molecule has 0 aromatic carbocycles. The lowest BCUT2D eigenvalue weighted by atomic mass is 9.93. The summed E-state index contributed by atoms with van der Waals surface area (Å²) in [5, 5.41) is 19.7. The normalized spacial score (nSPS) is 24.6. The van der Waals surface area contributed by atoms with Gasteiger partial charge in [0, 0.05) is 50.7 Å². The van der Waals surface area contributed by atoms with Crippen LogP contribution in [0, 0.1) is 11.8 Å². The molecule has 258 valence electrons. The molecular formula is C33H42N6O9. The van der Waals surface area contributed by atoms with Gasteiger partial charge in [-0.15, -0.1) is 0 Å². The van der Waals surface area contributed by atoms with Crippen LogP contribution in [0.5, 0.6) is 0 Å². The van der Waals surface area contributed by atoms with Gasteiger partial charge in [0.1, 0.15) is 24.2 Å². The van der Waals surface area contributed by atoms with Gasteiger partial charge in [-0.25, -0.2) is 14.6 Å². The van der Waals surface area contributed by atoms with E-state index in [1.165, 1.54) is 21.7 Å². The molecule has 5 unspecified atom stereocenters. The lowest BCUT2D eigenvalue weighted by Crippen LogP contribution is -2.44. The molecule has 0 aliphatic carbocycles. The molecule has 0 spiro atoms. The van der Waals surface area contributed by atoms with Gasteiger partial charge in [0.05, 0.1) is 19.1 Å². The smallest absolute Gasteiger partial charge is 0.412 e. The monoisotopic (exact) mass is 666 g/mol. The molecule has 0 radical (unpaired) electrons. The molecule has 0 saturated carbocycles. The zero-order valence-corrected chi connectivity index (χ0v) is 27.5. The van der Waals surface area contributed by atoms with E-state index in [1.807, 2.05) is 0 Å². The second kappa shape index (κ2) is 16.7. The highest BCUT2D eigenvalue weighted by Gasteiger charge is 2.39. The predicted octanol–water partition coefficient (Wildman–Crippen LogP) is 2.50. The SMILES string of the molecule is CC1=CC(O)CC(=O)Cc2nc(co2)C(=O)N2CCCC2C(=O)OC(C(C)COC(=O)Nc2ccn(C)n2)C(C)/C=C/C(=O)NCC=C1. The maximum absolute atomic E-state index is 13.6. The number of hydrogen-bond donors (Lipinski definition) is 3. The van der Waals surface area contributed by atoms with Crippen molar-refractivity contribution in [2.75, 3.05) is 25.0 Å². The van der Waals surface area contributed by atoms with Gasteiger partial charge in [-0.05, 0) is 25.8 Å². The summed E-state index contributed by atoms with van der Waals surface area (Å²) in [5.74, 6) is -2.63. The van der Waals surface area contributed by atoms with Crippen molar-refractivity contribution in [3.63, 3.8) is 0 Å². The van der Waals surface area contributed by atoms with Crippen LogP contribution in [0.4, 0.5) is 10.6 Å². The number of anilines is 1. The Morgan fingerprint density at radius 3 is 2.79 bits per heavy atom. The van der Waals surface area contributed by atoms with Crippen LogP contribution < -0.4 is 10.6 Å². The number of carbonyl (C=O) groups is 5. The van der Waals surface area contributed by atoms with E-state index in [0.717, 1.165) is 6.26 Å². The summed E-state index contributed by atoms with van der Waals surface area (Å²) in [4.78, 5) is 70.1. The first-order valence-electron chi connectivity index (χ1n) is 15.8. The third kappa shape index (κ3) is 10.2. The number of aromatic nitrogens is 3. The van der Waals surface area contributed by atoms with Crippen LogP contribution in [0.3, 0.4) is 0 Å². The zero-order valence-electron chi connectivity index (χ0n) is 27.5. The Bertz CT molecular complexity index is 1570. The number of aliphatic hydroxyl groups is 1. The van der Waals surface area contributed by atoms with Gasteiger partial charge in [-0.1, -0.05) is 43.7 Å². The van der Waals surface area contributed by atoms with Crippen LogP contribution in [-0.4, -0.2) is 92.4 Å². The lowest BCUT2D eigenvalue weighted by molar-refractivity contribution is -0.159. The fourth-order valence-electron chi connectivity index (χ4n) is 5.47. The fourth-order valence-corrected chi connectivity index (χ4v) is 5.47. The summed E-state index contributed by atoms with van der Waals surface area (Å²) in [7, 11) is 1.71. The standard InChI is InChI=1S/C33H42N6O9/c1-20-7-5-12-34-28(42)10-9-21(2)30(22(3)18-47-33(45)36-27-11-14-38(4)37-27)48-32(44)26-8-6-13-39(26)31(43)25-19-46-29(35-25)17-24(41)16-23(40)15-20/h5,7,9-11,14-15,19,21-23,26,30,40H,6,8,12-13,16-18H2,1-4H3,(H,34,42)(H,36,37,45)/b7-5?,10-9+,20-15?. The van der Waals surface area contributed by atoms with Gasteiger partial charge in [0.25, 0.3) is 5.91 Å². The number of Topliss-reactive ketones (excluding diaryl/α,β-unsaturated/α-hetero) is 1. The molecule has 2 bridgehead atoms. The number of amides is 3. The molecule has 2 aromatic rings. The molecule has 15 nitrogen and oxygen atoms in total. The summed E-state index contributed by atoms with van der Waals surface area (Å²) >= 11 is 0. The van der Waals surface area contributed by atoms with E-state index in [2.05, 4.69) is 20.7 Å². The van der Waals surface area contributed by atoms with Crippen LogP contribution in [-0.2, 0) is 37.3 Å². The van der Waals surface area contributed by atoms with Crippen LogP contribution in [0.1, 0.15) is 56.4 Å². The van der Waals surface area contributed by atoms with Crippen LogP contribution in [0.25, 0.3) is 0 Å². The molecule has 2 aliphatic heterocycles. The first-order valence-corrected chi connectivity index (χ1v) is 15.8. The van der Waals surface area contributed by atoms with Crippen molar-refractivity contribution in [1.82, 2.24) is 25.0 Å². The molecule has 1 fully saturated rings. The minimum Gasteiger partial charge on any atom is -0.460 e. The van der Waals surface area contributed by atoms with E-state index in [-0.39, 0.29) is 55.8 Å². The van der Waals surface area contributed by atoms with Crippen molar-refractivity contribution in [3.8, 4) is 0 Å². The highest BCUT2D eigenvalue weighted by Crippen LogP contribution is 2.26. The Balaban J connectivity index is 1.54. The topological polar surface area (TPSA) is 195 Å². The highest BCUT2D eigenvalue weighted by molar-refractivity contribution is 5.95. The summed E-state index contributed by atoms with van der Waals surface area (Å²) in [6.45, 7) is 5.61. The van der Waals surface area contributed by atoms with Gasteiger partial charge in [-0.3, -0.25) is 24.4 Å². The Kier molecular flexibility index (Phi) is 12.4. The molecule has 4 heterocycles. The number of aliphatic hydroxyl groups excluding tert-OH is 1. The summed E-state index contributed by atoms with van der Waals surface area (Å²) < 4.78 is 18.3. The summed E-state index contributed by atoms with van der Waals surface area (Å²) in [5.41, 5.74) is 0.628.